The molecule has 0 radical (unpaired) electrons. The maximum atomic E-state index is 6.28. The van der Waals surface area contributed by atoms with Gasteiger partial charge in [0, 0.05) is 16.1 Å². The second-order valence-corrected chi connectivity index (χ2v) is 5.88. The molecule has 20 heavy (non-hydrogen) atoms. The molecule has 0 saturated carbocycles. The molecular formula is C17H19Cl2N. The molecule has 1 N–H and O–H groups in total. The average Bonchev–Trinajstić information content (AvgIpc) is 2.43. The summed E-state index contributed by atoms with van der Waals surface area (Å²) < 4.78 is 0. The second-order valence-electron chi connectivity index (χ2n) is 5.03. The number of aryl methyl sites for hydroxylation is 2. The van der Waals surface area contributed by atoms with E-state index in [1.165, 1.54) is 11.1 Å². The summed E-state index contributed by atoms with van der Waals surface area (Å²) in [6, 6.07) is 14.4. The van der Waals surface area contributed by atoms with Gasteiger partial charge in [-0.15, -0.1) is 0 Å². The van der Waals surface area contributed by atoms with Crippen molar-refractivity contribution in [2.45, 2.75) is 25.8 Å². The molecule has 2 aromatic rings. The highest BCUT2D eigenvalue weighted by atomic mass is 35.5. The monoisotopic (exact) mass is 307 g/mol. The van der Waals surface area contributed by atoms with E-state index in [2.05, 4.69) is 36.5 Å². The van der Waals surface area contributed by atoms with Gasteiger partial charge in [-0.1, -0.05) is 53.0 Å². The van der Waals surface area contributed by atoms with Gasteiger partial charge in [0.1, 0.15) is 0 Å². The molecule has 0 aliphatic heterocycles. The van der Waals surface area contributed by atoms with Crippen LogP contribution in [0.3, 0.4) is 0 Å². The van der Waals surface area contributed by atoms with Crippen LogP contribution in [0.2, 0.25) is 10.0 Å². The largest absolute Gasteiger partial charge is 0.313 e. The Hall–Kier alpha value is -1.02. The minimum atomic E-state index is 0.210. The van der Waals surface area contributed by atoms with Crippen LogP contribution in [0.1, 0.15) is 29.2 Å². The third-order valence-corrected chi connectivity index (χ3v) is 4.07. The molecule has 0 amide bonds. The van der Waals surface area contributed by atoms with Gasteiger partial charge in [0.15, 0.2) is 0 Å². The predicted octanol–water partition coefficient (Wildman–Crippen LogP) is 5.20. The molecule has 1 atom stereocenters. The zero-order valence-corrected chi connectivity index (χ0v) is 13.3. The van der Waals surface area contributed by atoms with Crippen LogP contribution in [0.5, 0.6) is 0 Å². The number of rotatable bonds is 5. The fourth-order valence-electron chi connectivity index (χ4n) is 2.42. The fourth-order valence-corrected chi connectivity index (χ4v) is 2.85. The van der Waals surface area contributed by atoms with Gasteiger partial charge >= 0.3 is 0 Å². The first-order valence-corrected chi connectivity index (χ1v) is 7.53. The summed E-state index contributed by atoms with van der Waals surface area (Å²) in [4.78, 5) is 0. The zero-order chi connectivity index (χ0) is 14.5. The Labute approximate surface area is 130 Å². The van der Waals surface area contributed by atoms with Crippen LogP contribution in [0.25, 0.3) is 0 Å². The highest BCUT2D eigenvalue weighted by molar-refractivity contribution is 6.33. The van der Waals surface area contributed by atoms with Crippen molar-refractivity contribution < 1.29 is 0 Å². The molecule has 0 aliphatic carbocycles. The molecule has 0 bridgehead atoms. The maximum Gasteiger partial charge on any atom is 0.0454 e. The molecule has 106 valence electrons. The summed E-state index contributed by atoms with van der Waals surface area (Å²) in [5.41, 5.74) is 3.71. The van der Waals surface area contributed by atoms with E-state index >= 15 is 0 Å². The van der Waals surface area contributed by atoms with Crippen molar-refractivity contribution in [3.8, 4) is 0 Å². The van der Waals surface area contributed by atoms with Gasteiger partial charge in [-0.05, 0) is 56.1 Å². The second kappa shape index (κ2) is 7.12. The van der Waals surface area contributed by atoms with Crippen molar-refractivity contribution in [3.05, 3.63) is 69.2 Å². The number of hydrogen-bond donors (Lipinski definition) is 1. The maximum absolute atomic E-state index is 6.28. The van der Waals surface area contributed by atoms with Crippen molar-refractivity contribution in [3.63, 3.8) is 0 Å². The summed E-state index contributed by atoms with van der Waals surface area (Å²) in [7, 11) is 1.96. The molecule has 2 aromatic carbocycles. The van der Waals surface area contributed by atoms with E-state index in [-0.39, 0.29) is 6.04 Å². The average molecular weight is 308 g/mol. The Morgan fingerprint density at radius 2 is 1.90 bits per heavy atom. The lowest BCUT2D eigenvalue weighted by Gasteiger charge is -2.18. The summed E-state index contributed by atoms with van der Waals surface area (Å²) in [5.74, 6) is 0. The molecule has 0 spiro atoms. The molecule has 0 heterocycles. The van der Waals surface area contributed by atoms with Gasteiger partial charge < -0.3 is 5.32 Å². The molecule has 0 aromatic heterocycles. The molecule has 0 aliphatic rings. The molecule has 0 saturated heterocycles. The zero-order valence-electron chi connectivity index (χ0n) is 11.8. The molecular weight excluding hydrogens is 289 g/mol. The highest BCUT2D eigenvalue weighted by Crippen LogP contribution is 2.29. The first kappa shape index (κ1) is 15.4. The number of benzene rings is 2. The Morgan fingerprint density at radius 1 is 1.10 bits per heavy atom. The van der Waals surface area contributed by atoms with E-state index < -0.39 is 0 Å². The van der Waals surface area contributed by atoms with Crippen LogP contribution >= 0.6 is 23.2 Å². The first-order valence-electron chi connectivity index (χ1n) is 6.78. The van der Waals surface area contributed by atoms with Crippen LogP contribution in [-0.2, 0) is 6.42 Å². The van der Waals surface area contributed by atoms with Crippen LogP contribution in [0, 0.1) is 6.92 Å². The van der Waals surface area contributed by atoms with Crippen molar-refractivity contribution in [1.29, 1.82) is 0 Å². The number of nitrogens with one attached hydrogen (secondary N) is 1. The van der Waals surface area contributed by atoms with Crippen molar-refractivity contribution in [2.24, 2.45) is 0 Å². The van der Waals surface area contributed by atoms with Gasteiger partial charge in [-0.25, -0.2) is 0 Å². The third kappa shape index (κ3) is 3.99. The fraction of sp³-hybridized carbons (Fsp3) is 0.294. The number of hydrogen-bond acceptors (Lipinski definition) is 1. The quantitative estimate of drug-likeness (QED) is 0.801. The lowest BCUT2D eigenvalue weighted by Crippen LogP contribution is -2.17. The third-order valence-electron chi connectivity index (χ3n) is 3.49. The van der Waals surface area contributed by atoms with Gasteiger partial charge in [0.25, 0.3) is 0 Å². The van der Waals surface area contributed by atoms with Crippen LogP contribution < -0.4 is 5.32 Å². The lowest BCUT2D eigenvalue weighted by atomic mass is 9.98. The Morgan fingerprint density at radius 3 is 2.60 bits per heavy atom. The summed E-state index contributed by atoms with van der Waals surface area (Å²) >= 11 is 12.3. The minimum Gasteiger partial charge on any atom is -0.313 e. The van der Waals surface area contributed by atoms with Crippen LogP contribution in [0.15, 0.2) is 42.5 Å². The first-order chi connectivity index (χ1) is 9.60. The van der Waals surface area contributed by atoms with Gasteiger partial charge in [-0.3, -0.25) is 0 Å². The van der Waals surface area contributed by atoms with E-state index in [1.54, 1.807) is 0 Å². The lowest BCUT2D eigenvalue weighted by molar-refractivity contribution is 0.549. The summed E-state index contributed by atoms with van der Waals surface area (Å²) in [5, 5.41) is 4.81. The Kier molecular flexibility index (Phi) is 5.47. The highest BCUT2D eigenvalue weighted by Gasteiger charge is 2.13. The smallest absolute Gasteiger partial charge is 0.0454 e. The van der Waals surface area contributed by atoms with Gasteiger partial charge in [-0.2, -0.15) is 0 Å². The molecule has 0 fully saturated rings. The topological polar surface area (TPSA) is 12.0 Å². The normalized spacial score (nSPS) is 12.4. The van der Waals surface area contributed by atoms with Crippen molar-refractivity contribution in [2.75, 3.05) is 7.05 Å². The Bertz CT molecular complexity index is 581. The standard InChI is InChI=1S/C17H19Cl2N/c1-12-4-3-5-13(10-12)6-9-17(20-2)15-11-14(18)7-8-16(15)19/h3-5,7-8,10-11,17,20H,6,9H2,1-2H3. The molecule has 1 nitrogen and oxygen atoms in total. The number of halogens is 2. The van der Waals surface area contributed by atoms with E-state index in [1.807, 2.05) is 25.2 Å². The molecule has 1 unspecified atom stereocenters. The SMILES string of the molecule is CNC(CCc1cccc(C)c1)c1cc(Cl)ccc1Cl. The molecule has 2 rings (SSSR count). The van der Waals surface area contributed by atoms with Gasteiger partial charge in [0.05, 0.1) is 0 Å². The molecule has 3 heteroatoms. The van der Waals surface area contributed by atoms with E-state index in [4.69, 9.17) is 23.2 Å². The van der Waals surface area contributed by atoms with Crippen LogP contribution in [-0.4, -0.2) is 7.05 Å². The summed E-state index contributed by atoms with van der Waals surface area (Å²) in [6.07, 6.45) is 2.00. The minimum absolute atomic E-state index is 0.210. The van der Waals surface area contributed by atoms with Crippen LogP contribution in [0.4, 0.5) is 0 Å². The van der Waals surface area contributed by atoms with Gasteiger partial charge in [0.2, 0.25) is 0 Å². The van der Waals surface area contributed by atoms with E-state index in [0.29, 0.717) is 0 Å². The van der Waals surface area contributed by atoms with E-state index in [0.717, 1.165) is 28.5 Å². The van der Waals surface area contributed by atoms with Crippen molar-refractivity contribution in [1.82, 2.24) is 5.32 Å². The Balaban J connectivity index is 2.11. The van der Waals surface area contributed by atoms with Crippen molar-refractivity contribution >= 4 is 23.2 Å². The van der Waals surface area contributed by atoms with E-state index in [9.17, 15) is 0 Å². The predicted molar refractivity (Wildman–Crippen MR) is 87.8 cm³/mol. The summed E-state index contributed by atoms with van der Waals surface area (Å²) in [6.45, 7) is 2.12.